The van der Waals surface area contributed by atoms with Crippen LogP contribution in [0, 0.1) is 0 Å². The van der Waals surface area contributed by atoms with Gasteiger partial charge in [-0.3, -0.25) is 9.89 Å². The Kier molecular flexibility index (Phi) is 3.18. The van der Waals surface area contributed by atoms with Gasteiger partial charge in [-0.15, -0.1) is 0 Å². The number of hydrogen-bond acceptors (Lipinski definition) is 4. The molecule has 0 unspecified atom stereocenters. The molecule has 1 heterocycles. The first-order chi connectivity index (χ1) is 8.63. The molecule has 0 fully saturated rings. The Morgan fingerprint density at radius 3 is 3.06 bits per heavy atom. The first-order valence-electron chi connectivity index (χ1n) is 5.54. The van der Waals surface area contributed by atoms with Crippen molar-refractivity contribution in [1.29, 1.82) is 0 Å². The second kappa shape index (κ2) is 4.79. The van der Waals surface area contributed by atoms with Crippen LogP contribution in [0.25, 0.3) is 0 Å². The van der Waals surface area contributed by atoms with Crippen LogP contribution in [0.2, 0.25) is 0 Å². The van der Waals surface area contributed by atoms with Gasteiger partial charge in [0.05, 0.1) is 17.4 Å². The molecule has 5 N–H and O–H groups in total. The lowest BCUT2D eigenvalue weighted by Gasteiger charge is -2.07. The van der Waals surface area contributed by atoms with Crippen LogP contribution in [0.5, 0.6) is 5.75 Å². The van der Waals surface area contributed by atoms with Crippen molar-refractivity contribution in [3.05, 3.63) is 35.5 Å². The molecule has 0 atom stereocenters. The zero-order valence-electron chi connectivity index (χ0n) is 9.90. The Bertz CT molecular complexity index is 577. The van der Waals surface area contributed by atoms with Crippen LogP contribution in [0.4, 0.5) is 11.5 Å². The van der Waals surface area contributed by atoms with Gasteiger partial charge in [0.25, 0.3) is 5.91 Å². The van der Waals surface area contributed by atoms with Crippen molar-refractivity contribution in [3.8, 4) is 5.75 Å². The van der Waals surface area contributed by atoms with Crippen molar-refractivity contribution in [2.45, 2.75) is 13.3 Å². The molecule has 1 aromatic carbocycles. The lowest BCUT2D eigenvalue weighted by atomic mass is 10.1. The smallest absolute Gasteiger partial charge is 0.260 e. The minimum Gasteiger partial charge on any atom is -0.505 e. The van der Waals surface area contributed by atoms with E-state index in [4.69, 9.17) is 5.73 Å². The number of carbonyl (C=O) groups excluding carboxylic acids is 1. The fourth-order valence-corrected chi connectivity index (χ4v) is 1.61. The third-order valence-corrected chi connectivity index (χ3v) is 2.65. The topological polar surface area (TPSA) is 104 Å². The number of nitrogen functional groups attached to an aromatic ring is 1. The molecular weight excluding hydrogens is 232 g/mol. The lowest BCUT2D eigenvalue weighted by Crippen LogP contribution is -2.14. The highest BCUT2D eigenvalue weighted by atomic mass is 16.3. The number of carbonyl (C=O) groups is 1. The lowest BCUT2D eigenvalue weighted by molar-refractivity contribution is 0.102. The van der Waals surface area contributed by atoms with E-state index in [0.29, 0.717) is 5.82 Å². The molecule has 1 amide bonds. The summed E-state index contributed by atoms with van der Waals surface area (Å²) in [4.78, 5) is 12.0. The highest BCUT2D eigenvalue weighted by Gasteiger charge is 2.15. The van der Waals surface area contributed by atoms with E-state index in [-0.39, 0.29) is 17.0 Å². The molecule has 0 spiro atoms. The number of anilines is 2. The molecule has 0 radical (unpaired) electrons. The molecule has 0 saturated heterocycles. The monoisotopic (exact) mass is 246 g/mol. The number of benzene rings is 1. The Hall–Kier alpha value is -2.50. The van der Waals surface area contributed by atoms with E-state index in [1.165, 1.54) is 12.1 Å². The molecule has 18 heavy (non-hydrogen) atoms. The van der Waals surface area contributed by atoms with Gasteiger partial charge in [-0.1, -0.05) is 13.0 Å². The molecule has 0 bridgehead atoms. The van der Waals surface area contributed by atoms with Gasteiger partial charge < -0.3 is 16.2 Å². The number of para-hydroxylation sites is 1. The molecular formula is C12H14N4O2. The van der Waals surface area contributed by atoms with Gasteiger partial charge in [0.15, 0.2) is 5.75 Å². The summed E-state index contributed by atoms with van der Waals surface area (Å²) in [6, 6.07) is 4.64. The normalized spacial score (nSPS) is 10.3. The Labute approximate surface area is 104 Å². The number of nitrogens with two attached hydrogens (primary N) is 1. The third-order valence-electron chi connectivity index (χ3n) is 2.65. The fraction of sp³-hybridized carbons (Fsp3) is 0.167. The van der Waals surface area contributed by atoms with Gasteiger partial charge in [-0.2, -0.15) is 5.10 Å². The highest BCUT2D eigenvalue weighted by molar-refractivity contribution is 6.06. The second-order valence-electron chi connectivity index (χ2n) is 3.82. The summed E-state index contributed by atoms with van der Waals surface area (Å²) in [5.41, 5.74) is 6.73. The summed E-state index contributed by atoms with van der Waals surface area (Å²) in [6.07, 6.45) is 2.39. The molecule has 6 nitrogen and oxygen atoms in total. The third kappa shape index (κ3) is 2.13. The van der Waals surface area contributed by atoms with Crippen molar-refractivity contribution in [2.24, 2.45) is 0 Å². The minimum atomic E-state index is -0.432. The van der Waals surface area contributed by atoms with Crippen molar-refractivity contribution < 1.29 is 9.90 Å². The molecule has 94 valence electrons. The van der Waals surface area contributed by atoms with E-state index in [9.17, 15) is 9.90 Å². The van der Waals surface area contributed by atoms with Gasteiger partial charge in [0.2, 0.25) is 0 Å². The number of H-pyrrole nitrogens is 1. The van der Waals surface area contributed by atoms with Crippen molar-refractivity contribution in [1.82, 2.24) is 10.2 Å². The molecule has 1 aromatic heterocycles. The average Bonchev–Trinajstić information content (AvgIpc) is 2.79. The van der Waals surface area contributed by atoms with Crippen molar-refractivity contribution in [3.63, 3.8) is 0 Å². The number of phenolic OH excluding ortho intramolecular Hbond substituents is 1. The van der Waals surface area contributed by atoms with E-state index >= 15 is 0 Å². The summed E-state index contributed by atoms with van der Waals surface area (Å²) in [5, 5.41) is 18.9. The molecule has 0 aliphatic heterocycles. The number of phenols is 1. The number of nitrogens with zero attached hydrogens (tertiary/aromatic N) is 1. The summed E-state index contributed by atoms with van der Waals surface area (Å²) in [7, 11) is 0. The number of rotatable bonds is 3. The predicted molar refractivity (Wildman–Crippen MR) is 68.4 cm³/mol. The Morgan fingerprint density at radius 2 is 2.33 bits per heavy atom. The van der Waals surface area contributed by atoms with Gasteiger partial charge in [0.1, 0.15) is 5.82 Å². The van der Waals surface area contributed by atoms with Crippen LogP contribution in [-0.2, 0) is 6.42 Å². The van der Waals surface area contributed by atoms with Crippen molar-refractivity contribution in [2.75, 3.05) is 11.1 Å². The van der Waals surface area contributed by atoms with Crippen LogP contribution >= 0.6 is 0 Å². The molecule has 0 saturated carbocycles. The Balaban J connectivity index is 2.25. The second-order valence-corrected chi connectivity index (χ2v) is 3.82. The summed E-state index contributed by atoms with van der Waals surface area (Å²) in [6.45, 7) is 1.96. The van der Waals surface area contributed by atoms with Crippen LogP contribution in [0.15, 0.2) is 24.4 Å². The van der Waals surface area contributed by atoms with E-state index < -0.39 is 5.91 Å². The minimum absolute atomic E-state index is 0.131. The number of aromatic amines is 1. The molecule has 2 rings (SSSR count). The molecule has 6 heteroatoms. The molecule has 0 aliphatic carbocycles. The van der Waals surface area contributed by atoms with E-state index in [1.807, 2.05) is 6.92 Å². The van der Waals surface area contributed by atoms with E-state index in [0.717, 1.165) is 12.0 Å². The van der Waals surface area contributed by atoms with E-state index in [1.54, 1.807) is 12.3 Å². The summed E-state index contributed by atoms with van der Waals surface area (Å²) in [5.74, 6) is -0.115. The first-order valence-corrected chi connectivity index (χ1v) is 5.54. The number of nitrogens with one attached hydrogen (secondary N) is 2. The highest BCUT2D eigenvalue weighted by Crippen LogP contribution is 2.25. The number of aryl methyl sites for hydroxylation is 1. The van der Waals surface area contributed by atoms with Crippen LogP contribution in [0.3, 0.4) is 0 Å². The zero-order chi connectivity index (χ0) is 13.1. The average molecular weight is 246 g/mol. The standard InChI is InChI=1S/C12H14N4O2/c1-2-7-6-14-16-11(7)15-12(18)8-4-3-5-9(13)10(8)17/h3-6,17H,2,13H2,1H3,(H2,14,15,16,18). The number of hydrogen-bond donors (Lipinski definition) is 4. The van der Waals surface area contributed by atoms with Gasteiger partial charge in [-0.05, 0) is 18.6 Å². The number of amides is 1. The largest absolute Gasteiger partial charge is 0.505 e. The molecule has 2 aromatic rings. The van der Waals surface area contributed by atoms with Crippen LogP contribution < -0.4 is 11.1 Å². The van der Waals surface area contributed by atoms with Crippen LogP contribution in [-0.4, -0.2) is 21.2 Å². The van der Waals surface area contributed by atoms with Gasteiger partial charge in [-0.25, -0.2) is 0 Å². The maximum absolute atomic E-state index is 12.0. The van der Waals surface area contributed by atoms with Gasteiger partial charge >= 0.3 is 0 Å². The summed E-state index contributed by atoms with van der Waals surface area (Å²) < 4.78 is 0. The zero-order valence-corrected chi connectivity index (χ0v) is 9.90. The SMILES string of the molecule is CCc1cn[nH]c1NC(=O)c1cccc(N)c1O. The van der Waals surface area contributed by atoms with Crippen molar-refractivity contribution >= 4 is 17.4 Å². The van der Waals surface area contributed by atoms with Crippen LogP contribution in [0.1, 0.15) is 22.8 Å². The van der Waals surface area contributed by atoms with Gasteiger partial charge in [0, 0.05) is 5.56 Å². The first kappa shape index (κ1) is 12.0. The predicted octanol–water partition coefficient (Wildman–Crippen LogP) is 1.51. The quantitative estimate of drug-likeness (QED) is 0.486. The fourth-order valence-electron chi connectivity index (χ4n) is 1.61. The maximum atomic E-state index is 12.0. The molecule has 0 aliphatic rings. The number of aromatic hydroxyl groups is 1. The number of aromatic nitrogens is 2. The maximum Gasteiger partial charge on any atom is 0.260 e. The Morgan fingerprint density at radius 1 is 1.56 bits per heavy atom. The summed E-state index contributed by atoms with van der Waals surface area (Å²) >= 11 is 0. The van der Waals surface area contributed by atoms with E-state index in [2.05, 4.69) is 15.5 Å².